The molecule has 1 aromatic rings. The van der Waals surface area contributed by atoms with Crippen LogP contribution in [0.4, 0.5) is 13.2 Å². The summed E-state index contributed by atoms with van der Waals surface area (Å²) in [6.45, 7) is 10.3. The third kappa shape index (κ3) is 44.9. The van der Waals surface area contributed by atoms with Crippen molar-refractivity contribution in [3.05, 3.63) is 35.9 Å². The minimum atomic E-state index is -4.23. The van der Waals surface area contributed by atoms with Crippen molar-refractivity contribution in [2.45, 2.75) is 66.0 Å². The van der Waals surface area contributed by atoms with Crippen LogP contribution in [0.15, 0.2) is 24.3 Å². The quantitative estimate of drug-likeness (QED) is 0.481. The molecular weight excluding hydrogens is 345 g/mol. The van der Waals surface area contributed by atoms with Crippen molar-refractivity contribution in [3.63, 3.8) is 0 Å². The van der Waals surface area contributed by atoms with Gasteiger partial charge in [0.15, 0.2) is 0 Å². The smallest absolute Gasteiger partial charge is 0.394 e. The fraction of sp³-hybridized carbons (Fsp3) is 0.625. The Labute approximate surface area is 152 Å². The van der Waals surface area contributed by atoms with Crippen LogP contribution in [0.5, 0.6) is 0 Å². The Kier molecular flexibility index (Phi) is 23.8. The maximum absolute atomic E-state index is 11.8. The van der Waals surface area contributed by atoms with Gasteiger partial charge in [-0.15, -0.1) is 0 Å². The fourth-order valence-electron chi connectivity index (χ4n) is 0.576. The van der Waals surface area contributed by atoms with E-state index < -0.39 is 11.7 Å². The molecule has 0 fully saturated rings. The summed E-state index contributed by atoms with van der Waals surface area (Å²) in [4.78, 5) is 0. The minimum Gasteiger partial charge on any atom is -0.394 e. The SMILES string of the molecule is CC(C)O.CC(C)O.CC(C)O.FC(F)(F)c1cc[c-]cc1.[Ti]. The number of aliphatic hydroxyl groups is 3. The molecule has 0 aliphatic heterocycles. The van der Waals surface area contributed by atoms with E-state index in [-0.39, 0.29) is 40.0 Å². The molecule has 136 valence electrons. The number of aliphatic hydroxyl groups excluding tert-OH is 3. The average Bonchev–Trinajstić information content (AvgIpc) is 2.26. The van der Waals surface area contributed by atoms with Gasteiger partial charge >= 0.3 is 6.18 Å². The fourth-order valence-corrected chi connectivity index (χ4v) is 0.576. The van der Waals surface area contributed by atoms with Gasteiger partial charge in [0.25, 0.3) is 0 Å². The zero-order valence-electron chi connectivity index (χ0n) is 14.5. The first-order valence-electron chi connectivity index (χ1n) is 6.88. The largest absolute Gasteiger partial charge is 0.394 e. The molecule has 0 aromatic heterocycles. The molecule has 0 radical (unpaired) electrons. The van der Waals surface area contributed by atoms with Crippen LogP contribution in [-0.2, 0) is 27.9 Å². The normalized spacial score (nSPS) is 9.70. The van der Waals surface area contributed by atoms with E-state index in [1.165, 1.54) is 12.1 Å². The van der Waals surface area contributed by atoms with Gasteiger partial charge in [0, 0.05) is 40.0 Å². The molecule has 0 amide bonds. The third-order valence-electron chi connectivity index (χ3n) is 1.05. The van der Waals surface area contributed by atoms with Gasteiger partial charge in [0.1, 0.15) is 0 Å². The van der Waals surface area contributed by atoms with Crippen molar-refractivity contribution < 1.29 is 50.2 Å². The first-order chi connectivity index (χ1) is 9.80. The average molecular weight is 373 g/mol. The van der Waals surface area contributed by atoms with Crippen molar-refractivity contribution in [2.24, 2.45) is 0 Å². The Hall–Kier alpha value is -0.396. The van der Waals surface area contributed by atoms with E-state index in [2.05, 4.69) is 6.07 Å². The monoisotopic (exact) mass is 373 g/mol. The molecule has 0 spiro atoms. The van der Waals surface area contributed by atoms with Gasteiger partial charge in [0.2, 0.25) is 0 Å². The van der Waals surface area contributed by atoms with E-state index in [9.17, 15) is 13.2 Å². The number of hydrogen-bond acceptors (Lipinski definition) is 3. The van der Waals surface area contributed by atoms with Crippen LogP contribution in [0.1, 0.15) is 47.1 Å². The second kappa shape index (κ2) is 18.0. The van der Waals surface area contributed by atoms with Crippen LogP contribution < -0.4 is 0 Å². The standard InChI is InChI=1S/C7H4F3.3C3H8O.Ti/c8-7(9,10)6-4-2-1-3-5-6;3*1-3(2)4;/h2-5H;3*3-4H,1-2H3;/q-1;;;;. The van der Waals surface area contributed by atoms with Gasteiger partial charge in [-0.05, 0) is 41.5 Å². The zero-order chi connectivity index (χ0) is 18.3. The van der Waals surface area contributed by atoms with Crippen LogP contribution in [0.3, 0.4) is 0 Å². The topological polar surface area (TPSA) is 60.7 Å². The summed E-state index contributed by atoms with van der Waals surface area (Å²) in [5.41, 5.74) is -0.633. The van der Waals surface area contributed by atoms with Crippen molar-refractivity contribution >= 4 is 0 Å². The first-order valence-corrected chi connectivity index (χ1v) is 6.88. The third-order valence-corrected chi connectivity index (χ3v) is 1.05. The number of alkyl halides is 3. The van der Waals surface area contributed by atoms with E-state index >= 15 is 0 Å². The molecule has 0 atom stereocenters. The van der Waals surface area contributed by atoms with Gasteiger partial charge in [-0.2, -0.15) is 43.5 Å². The number of rotatable bonds is 0. The zero-order valence-corrected chi connectivity index (χ0v) is 16.1. The maximum atomic E-state index is 11.8. The number of benzene rings is 1. The van der Waals surface area contributed by atoms with Gasteiger partial charge in [-0.1, -0.05) is 5.56 Å². The minimum absolute atomic E-state index is 0. The summed E-state index contributed by atoms with van der Waals surface area (Å²) >= 11 is 0. The second-order valence-electron chi connectivity index (χ2n) is 5.07. The second-order valence-corrected chi connectivity index (χ2v) is 5.07. The Morgan fingerprint density at radius 3 is 1.13 bits per heavy atom. The summed E-state index contributed by atoms with van der Waals surface area (Å²) in [7, 11) is 0. The van der Waals surface area contributed by atoms with Crippen LogP contribution >= 0.6 is 0 Å². The van der Waals surface area contributed by atoms with Gasteiger partial charge in [-0.25, -0.2) is 0 Å². The van der Waals surface area contributed by atoms with E-state index in [4.69, 9.17) is 15.3 Å². The van der Waals surface area contributed by atoms with E-state index in [0.29, 0.717) is 0 Å². The summed E-state index contributed by atoms with van der Waals surface area (Å²) in [6, 6.07) is 6.95. The molecule has 0 aliphatic carbocycles. The van der Waals surface area contributed by atoms with Crippen LogP contribution in [-0.4, -0.2) is 33.6 Å². The van der Waals surface area contributed by atoms with Crippen molar-refractivity contribution in [3.8, 4) is 0 Å². The summed E-state index contributed by atoms with van der Waals surface area (Å²) in [6.07, 6.45) is -4.73. The van der Waals surface area contributed by atoms with E-state index in [1.54, 1.807) is 41.5 Å². The number of halogens is 3. The first kappa shape index (κ1) is 30.5. The van der Waals surface area contributed by atoms with Gasteiger partial charge in [0.05, 0.1) is 0 Å². The van der Waals surface area contributed by atoms with Crippen molar-refractivity contribution in [2.75, 3.05) is 0 Å². The summed E-state index contributed by atoms with van der Waals surface area (Å²) in [5.74, 6) is 0. The predicted molar refractivity (Wildman–Crippen MR) is 82.3 cm³/mol. The molecule has 1 rings (SSSR count). The Balaban J connectivity index is -0.000000118. The van der Waals surface area contributed by atoms with Gasteiger partial charge < -0.3 is 15.3 Å². The molecular formula is C16H28F3O3Ti-. The van der Waals surface area contributed by atoms with E-state index in [1.807, 2.05) is 0 Å². The van der Waals surface area contributed by atoms with Crippen LogP contribution in [0.25, 0.3) is 0 Å². The Morgan fingerprint density at radius 2 is 1.00 bits per heavy atom. The molecule has 0 saturated heterocycles. The molecule has 23 heavy (non-hydrogen) atoms. The molecule has 1 aromatic carbocycles. The van der Waals surface area contributed by atoms with Crippen LogP contribution in [0.2, 0.25) is 0 Å². The van der Waals surface area contributed by atoms with Crippen molar-refractivity contribution in [1.82, 2.24) is 0 Å². The van der Waals surface area contributed by atoms with Crippen LogP contribution in [0, 0.1) is 6.07 Å². The molecule has 0 aliphatic rings. The van der Waals surface area contributed by atoms with Gasteiger partial charge in [-0.3, -0.25) is 0 Å². The molecule has 0 unspecified atom stereocenters. The Morgan fingerprint density at radius 1 is 0.783 bits per heavy atom. The summed E-state index contributed by atoms with van der Waals surface area (Å²) in [5, 5.41) is 24.2. The molecule has 3 N–H and O–H groups in total. The molecule has 7 heteroatoms. The molecule has 0 bridgehead atoms. The molecule has 0 saturated carbocycles. The molecule has 0 heterocycles. The molecule has 3 nitrogen and oxygen atoms in total. The number of hydrogen-bond donors (Lipinski definition) is 3. The Bertz CT molecular complexity index is 307. The predicted octanol–water partition coefficient (Wildman–Crippen LogP) is 3.66. The summed E-state index contributed by atoms with van der Waals surface area (Å²) < 4.78 is 35.3. The van der Waals surface area contributed by atoms with E-state index in [0.717, 1.165) is 12.1 Å². The maximum Gasteiger partial charge on any atom is 0.394 e. The van der Waals surface area contributed by atoms with Crippen molar-refractivity contribution in [1.29, 1.82) is 0 Å².